The van der Waals surface area contributed by atoms with Crippen molar-refractivity contribution in [3.05, 3.63) is 82.8 Å². The second-order valence-electron chi connectivity index (χ2n) is 10.3. The fourth-order valence-electron chi connectivity index (χ4n) is 4.53. The van der Waals surface area contributed by atoms with Gasteiger partial charge in [0.15, 0.2) is 0 Å². The number of allylic oxidation sites excluding steroid dienone is 1. The molecular weight excluding hydrogens is 523 g/mol. The van der Waals surface area contributed by atoms with E-state index in [4.69, 9.17) is 4.74 Å². The highest BCUT2D eigenvalue weighted by Crippen LogP contribution is 2.31. The molecule has 2 amide bonds. The number of alkyl halides is 3. The minimum atomic E-state index is -4.48. The number of benzene rings is 2. The van der Waals surface area contributed by atoms with Crippen LogP contribution in [-0.4, -0.2) is 47.6 Å². The van der Waals surface area contributed by atoms with Crippen molar-refractivity contribution in [1.82, 2.24) is 15.1 Å². The summed E-state index contributed by atoms with van der Waals surface area (Å²) in [6.07, 6.45) is 1.15. The Bertz CT molecular complexity index is 1520. The number of dihydropyridines is 1. The Morgan fingerprint density at radius 3 is 2.65 bits per heavy atom. The molecule has 3 heterocycles. The molecule has 1 aromatic heterocycles. The SMILES string of the molecule is Cc1ccc(NC(=O)Cc2cccc(C(F)(F)F)c2)cc1-n1cc(C2=C(NC(=O)C3(C)COC3)CCN=C2)cn1. The predicted octanol–water partition coefficient (Wildman–Crippen LogP) is 4.72. The van der Waals surface area contributed by atoms with Gasteiger partial charge in [-0.15, -0.1) is 0 Å². The fraction of sp³-hybridized carbons (Fsp3) is 0.310. The lowest BCUT2D eigenvalue weighted by atomic mass is 9.87. The first-order chi connectivity index (χ1) is 19.0. The van der Waals surface area contributed by atoms with Crippen LogP contribution in [0.3, 0.4) is 0 Å². The molecule has 3 aromatic rings. The van der Waals surface area contributed by atoms with Crippen LogP contribution in [-0.2, 0) is 26.9 Å². The van der Waals surface area contributed by atoms with E-state index in [1.165, 1.54) is 12.1 Å². The summed E-state index contributed by atoms with van der Waals surface area (Å²) in [5.41, 5.74) is 3.34. The average Bonchev–Trinajstić information content (AvgIpc) is 3.38. The monoisotopic (exact) mass is 551 g/mol. The number of hydrogen-bond donors (Lipinski definition) is 2. The largest absolute Gasteiger partial charge is 0.416 e. The van der Waals surface area contributed by atoms with Gasteiger partial charge in [-0.3, -0.25) is 14.6 Å². The van der Waals surface area contributed by atoms with Crippen LogP contribution in [0.15, 0.2) is 65.5 Å². The summed E-state index contributed by atoms with van der Waals surface area (Å²) in [6, 6.07) is 10.0. The molecule has 1 fully saturated rings. The summed E-state index contributed by atoms with van der Waals surface area (Å²) >= 11 is 0. The fourth-order valence-corrected chi connectivity index (χ4v) is 4.53. The highest BCUT2D eigenvalue weighted by Gasteiger charge is 2.41. The number of nitrogens with zero attached hydrogens (tertiary/aromatic N) is 3. The average molecular weight is 552 g/mol. The number of nitrogens with one attached hydrogen (secondary N) is 2. The highest BCUT2D eigenvalue weighted by atomic mass is 19.4. The van der Waals surface area contributed by atoms with Gasteiger partial charge in [0.2, 0.25) is 11.8 Å². The van der Waals surface area contributed by atoms with Gasteiger partial charge in [0.1, 0.15) is 0 Å². The molecule has 0 radical (unpaired) electrons. The third kappa shape index (κ3) is 5.84. The van der Waals surface area contributed by atoms with Gasteiger partial charge in [0.25, 0.3) is 0 Å². The molecule has 11 heteroatoms. The molecule has 2 N–H and O–H groups in total. The van der Waals surface area contributed by atoms with E-state index in [0.717, 1.165) is 34.5 Å². The van der Waals surface area contributed by atoms with Gasteiger partial charge < -0.3 is 15.4 Å². The van der Waals surface area contributed by atoms with Gasteiger partial charge in [0.05, 0.1) is 42.5 Å². The third-order valence-corrected chi connectivity index (χ3v) is 6.94. The van der Waals surface area contributed by atoms with Crippen molar-refractivity contribution in [1.29, 1.82) is 0 Å². The van der Waals surface area contributed by atoms with E-state index in [-0.39, 0.29) is 17.9 Å². The summed E-state index contributed by atoms with van der Waals surface area (Å²) in [5.74, 6) is -0.525. The zero-order valence-corrected chi connectivity index (χ0v) is 22.0. The Hall–Kier alpha value is -4.25. The number of ether oxygens (including phenoxy) is 1. The molecule has 1 saturated heterocycles. The van der Waals surface area contributed by atoms with Crippen LogP contribution in [0, 0.1) is 12.3 Å². The maximum Gasteiger partial charge on any atom is 0.416 e. The first kappa shape index (κ1) is 27.3. The molecule has 5 rings (SSSR count). The Kier molecular flexibility index (Phi) is 7.33. The van der Waals surface area contributed by atoms with E-state index >= 15 is 0 Å². The molecule has 0 bridgehead atoms. The Morgan fingerprint density at radius 2 is 1.93 bits per heavy atom. The molecule has 2 aliphatic rings. The number of aryl methyl sites for hydroxylation is 1. The lowest BCUT2D eigenvalue weighted by Gasteiger charge is -2.36. The minimum Gasteiger partial charge on any atom is -0.379 e. The quantitative estimate of drug-likeness (QED) is 0.444. The van der Waals surface area contributed by atoms with Gasteiger partial charge in [-0.05, 0) is 43.2 Å². The van der Waals surface area contributed by atoms with E-state index in [1.807, 2.05) is 26.1 Å². The topological polar surface area (TPSA) is 97.6 Å². The number of halogens is 3. The molecule has 208 valence electrons. The van der Waals surface area contributed by atoms with Crippen LogP contribution >= 0.6 is 0 Å². The number of rotatable bonds is 7. The van der Waals surface area contributed by atoms with Crippen molar-refractivity contribution in [3.8, 4) is 5.69 Å². The van der Waals surface area contributed by atoms with Crippen LogP contribution in [0.2, 0.25) is 0 Å². The number of aromatic nitrogens is 2. The zero-order chi connectivity index (χ0) is 28.5. The minimum absolute atomic E-state index is 0.0849. The van der Waals surface area contributed by atoms with E-state index in [9.17, 15) is 22.8 Å². The second kappa shape index (κ2) is 10.7. The van der Waals surface area contributed by atoms with Gasteiger partial charge in [-0.25, -0.2) is 4.68 Å². The van der Waals surface area contributed by atoms with Crippen LogP contribution in [0.25, 0.3) is 11.3 Å². The molecule has 2 aromatic carbocycles. The molecule has 0 aliphatic carbocycles. The number of anilines is 1. The lowest BCUT2D eigenvalue weighted by Crippen LogP contribution is -2.51. The Labute approximate surface area is 228 Å². The van der Waals surface area contributed by atoms with Crippen LogP contribution in [0.4, 0.5) is 18.9 Å². The summed E-state index contributed by atoms with van der Waals surface area (Å²) in [7, 11) is 0. The Morgan fingerprint density at radius 1 is 1.12 bits per heavy atom. The number of carbonyl (C=O) groups excluding carboxylic acids is 2. The molecule has 0 spiro atoms. The van der Waals surface area contributed by atoms with Crippen LogP contribution in [0.1, 0.15) is 35.6 Å². The molecule has 0 saturated carbocycles. The van der Waals surface area contributed by atoms with Gasteiger partial charge >= 0.3 is 6.18 Å². The summed E-state index contributed by atoms with van der Waals surface area (Å²) in [5, 5.41) is 10.3. The van der Waals surface area contributed by atoms with Crippen molar-refractivity contribution in [2.45, 2.75) is 32.9 Å². The van der Waals surface area contributed by atoms with Crippen molar-refractivity contribution >= 4 is 29.3 Å². The van der Waals surface area contributed by atoms with E-state index in [0.29, 0.717) is 37.6 Å². The molecule has 40 heavy (non-hydrogen) atoms. The number of aliphatic imine (C=N–C) groups is 1. The van der Waals surface area contributed by atoms with Crippen molar-refractivity contribution < 1.29 is 27.5 Å². The molecule has 0 unspecified atom stereocenters. The smallest absolute Gasteiger partial charge is 0.379 e. The maximum absolute atomic E-state index is 13.0. The first-order valence-electron chi connectivity index (χ1n) is 12.8. The standard InChI is InChI=1S/C29H28F3N5O3/c1-18-6-7-22(35-26(38)11-19-4-3-5-21(10-19)29(30,31)32)12-25(18)37-15-20(13-34-37)23-14-33-9-8-24(23)36-27(39)28(2)16-40-17-28/h3-7,10,12-15H,8-9,11,16-17H2,1-2H3,(H,35,38)(H,36,39). The predicted molar refractivity (Wildman–Crippen MR) is 144 cm³/mol. The number of carbonyl (C=O) groups is 2. The first-order valence-corrected chi connectivity index (χ1v) is 12.8. The van der Waals surface area contributed by atoms with Gasteiger partial charge in [-0.1, -0.05) is 24.3 Å². The van der Waals surface area contributed by atoms with Crippen molar-refractivity contribution in [3.63, 3.8) is 0 Å². The molecule has 8 nitrogen and oxygen atoms in total. The van der Waals surface area contributed by atoms with Crippen LogP contribution in [0.5, 0.6) is 0 Å². The van der Waals surface area contributed by atoms with Crippen molar-refractivity contribution in [2.75, 3.05) is 25.1 Å². The summed E-state index contributed by atoms with van der Waals surface area (Å²) in [6.45, 7) is 5.12. The number of hydrogen-bond acceptors (Lipinski definition) is 5. The second-order valence-corrected chi connectivity index (χ2v) is 10.3. The molecule has 0 atom stereocenters. The maximum atomic E-state index is 13.0. The van der Waals surface area contributed by atoms with E-state index in [2.05, 4.69) is 20.7 Å². The van der Waals surface area contributed by atoms with Crippen LogP contribution < -0.4 is 10.6 Å². The Balaban J connectivity index is 1.33. The summed E-state index contributed by atoms with van der Waals surface area (Å²) in [4.78, 5) is 29.8. The normalized spacial score (nSPS) is 16.4. The lowest BCUT2D eigenvalue weighted by molar-refractivity contribution is -0.156. The van der Waals surface area contributed by atoms with Crippen molar-refractivity contribution in [2.24, 2.45) is 10.4 Å². The summed E-state index contributed by atoms with van der Waals surface area (Å²) < 4.78 is 45.9. The molecule has 2 aliphatic heterocycles. The van der Waals surface area contributed by atoms with Gasteiger partial charge in [-0.2, -0.15) is 18.3 Å². The van der Waals surface area contributed by atoms with E-state index < -0.39 is 23.1 Å². The third-order valence-electron chi connectivity index (χ3n) is 6.94. The highest BCUT2D eigenvalue weighted by molar-refractivity contribution is 6.12. The molecular formula is C29H28F3N5O3. The number of amides is 2. The van der Waals surface area contributed by atoms with Gasteiger partial charge in [0, 0.05) is 47.9 Å². The zero-order valence-electron chi connectivity index (χ0n) is 22.0. The van der Waals surface area contributed by atoms with E-state index in [1.54, 1.807) is 29.2 Å².